The highest BCUT2D eigenvalue weighted by atomic mass is 35.5. The zero-order valence-corrected chi connectivity index (χ0v) is 11.0. The Kier molecular flexibility index (Phi) is 3.51. The Bertz CT molecular complexity index is 815. The molecule has 1 aromatic heterocycles. The fourth-order valence-corrected chi connectivity index (χ4v) is 1.87. The second-order valence-electron chi connectivity index (χ2n) is 3.97. The molecule has 0 aliphatic heterocycles. The first-order chi connectivity index (χ1) is 9.66. The van der Waals surface area contributed by atoms with Gasteiger partial charge in [0, 0.05) is 13.1 Å². The van der Waals surface area contributed by atoms with Gasteiger partial charge >= 0.3 is 11.9 Å². The van der Waals surface area contributed by atoms with E-state index in [1.165, 1.54) is 6.07 Å². The van der Waals surface area contributed by atoms with Crippen molar-refractivity contribution in [1.29, 1.82) is 5.26 Å². The summed E-state index contributed by atoms with van der Waals surface area (Å²) < 4.78 is 52.1. The van der Waals surface area contributed by atoms with Crippen molar-refractivity contribution in [3.05, 3.63) is 44.8 Å². The van der Waals surface area contributed by atoms with Gasteiger partial charge in [-0.05, 0) is 6.07 Å². The van der Waals surface area contributed by atoms with Crippen LogP contribution in [-0.4, -0.2) is 14.3 Å². The molecule has 0 aliphatic rings. The fourth-order valence-electron chi connectivity index (χ4n) is 1.63. The zero-order chi connectivity index (χ0) is 15.9. The van der Waals surface area contributed by atoms with E-state index in [-0.39, 0.29) is 15.3 Å². The second-order valence-corrected chi connectivity index (χ2v) is 4.38. The van der Waals surface area contributed by atoms with Gasteiger partial charge in [0.15, 0.2) is 0 Å². The number of nitriles is 1. The highest BCUT2D eigenvalue weighted by molar-refractivity contribution is 6.32. The van der Waals surface area contributed by atoms with E-state index < -0.39 is 29.1 Å². The average molecular weight is 321 g/mol. The van der Waals surface area contributed by atoms with Gasteiger partial charge in [-0.1, -0.05) is 11.6 Å². The Balaban J connectivity index is 2.73. The van der Waals surface area contributed by atoms with Gasteiger partial charge < -0.3 is 0 Å². The van der Waals surface area contributed by atoms with Crippen molar-refractivity contribution in [3.63, 3.8) is 0 Å². The molecular weight excluding hydrogens is 316 g/mol. The lowest BCUT2D eigenvalue weighted by atomic mass is 10.2. The van der Waals surface area contributed by atoms with E-state index in [4.69, 9.17) is 16.9 Å². The molecule has 5 nitrogen and oxygen atoms in total. The summed E-state index contributed by atoms with van der Waals surface area (Å²) in [5.74, 6) is -2.48. The number of nitrogens with zero attached hydrogens (tertiary/aromatic N) is 4. The lowest BCUT2D eigenvalue weighted by Gasteiger charge is -2.04. The quantitative estimate of drug-likeness (QED) is 0.757. The third kappa shape index (κ3) is 2.50. The molecule has 0 radical (unpaired) electrons. The van der Waals surface area contributed by atoms with Crippen LogP contribution < -0.4 is 5.69 Å². The largest absolute Gasteiger partial charge is 0.451 e. The molecular formula is C11H5ClF4N4O. The number of benzene rings is 1. The molecule has 2 aromatic rings. The molecule has 2 rings (SSSR count). The minimum atomic E-state index is -4.85. The number of rotatable bonds is 1. The Hall–Kier alpha value is -2.34. The van der Waals surface area contributed by atoms with E-state index in [0.29, 0.717) is 10.7 Å². The summed E-state index contributed by atoms with van der Waals surface area (Å²) in [6, 6.07) is 3.10. The average Bonchev–Trinajstić information content (AvgIpc) is 2.68. The van der Waals surface area contributed by atoms with E-state index in [1.807, 2.05) is 0 Å². The van der Waals surface area contributed by atoms with Crippen LogP contribution in [0.25, 0.3) is 5.69 Å². The first kappa shape index (κ1) is 15.1. The molecule has 110 valence electrons. The number of halogens is 5. The lowest BCUT2D eigenvalue weighted by molar-refractivity contribution is -0.147. The Morgan fingerprint density at radius 2 is 2.00 bits per heavy atom. The topological polar surface area (TPSA) is 63.6 Å². The number of hydrogen-bond donors (Lipinski definition) is 0. The van der Waals surface area contributed by atoms with Crippen LogP contribution in [0.15, 0.2) is 16.9 Å². The van der Waals surface area contributed by atoms with Gasteiger partial charge in [-0.2, -0.15) is 23.1 Å². The minimum Gasteiger partial charge on any atom is -0.274 e. The van der Waals surface area contributed by atoms with Gasteiger partial charge in [0.2, 0.25) is 5.82 Å². The molecule has 1 aromatic carbocycles. The van der Waals surface area contributed by atoms with Crippen LogP contribution >= 0.6 is 11.6 Å². The van der Waals surface area contributed by atoms with E-state index >= 15 is 0 Å². The summed E-state index contributed by atoms with van der Waals surface area (Å²) in [5, 5.41) is 11.5. The zero-order valence-electron chi connectivity index (χ0n) is 10.2. The van der Waals surface area contributed by atoms with Gasteiger partial charge in [-0.25, -0.2) is 9.18 Å². The van der Waals surface area contributed by atoms with Crippen LogP contribution in [-0.2, 0) is 13.2 Å². The predicted octanol–water partition coefficient (Wildman–Crippen LogP) is 2.25. The highest BCUT2D eigenvalue weighted by Gasteiger charge is 2.38. The summed E-state index contributed by atoms with van der Waals surface area (Å²) in [6.45, 7) is 0. The summed E-state index contributed by atoms with van der Waals surface area (Å²) >= 11 is 5.75. The Morgan fingerprint density at radius 3 is 2.48 bits per heavy atom. The molecule has 0 amide bonds. The molecule has 1 heterocycles. The van der Waals surface area contributed by atoms with Crippen molar-refractivity contribution >= 4 is 11.6 Å². The number of alkyl halides is 3. The maximum Gasteiger partial charge on any atom is 0.451 e. The molecule has 0 bridgehead atoms. The van der Waals surface area contributed by atoms with Crippen LogP contribution in [0.2, 0.25) is 5.02 Å². The summed E-state index contributed by atoms with van der Waals surface area (Å²) in [5.41, 5.74) is -1.93. The lowest BCUT2D eigenvalue weighted by Crippen LogP contribution is -2.23. The van der Waals surface area contributed by atoms with Gasteiger partial charge in [0.1, 0.15) is 11.9 Å². The third-order valence-corrected chi connectivity index (χ3v) is 2.92. The van der Waals surface area contributed by atoms with Crippen molar-refractivity contribution < 1.29 is 17.6 Å². The van der Waals surface area contributed by atoms with Crippen LogP contribution in [0, 0.1) is 17.1 Å². The van der Waals surface area contributed by atoms with Gasteiger partial charge in [0.05, 0.1) is 16.3 Å². The highest BCUT2D eigenvalue weighted by Crippen LogP contribution is 2.28. The molecule has 10 heteroatoms. The number of hydrogen-bond acceptors (Lipinski definition) is 3. The smallest absolute Gasteiger partial charge is 0.274 e. The van der Waals surface area contributed by atoms with Crippen molar-refractivity contribution in [2.75, 3.05) is 0 Å². The van der Waals surface area contributed by atoms with Crippen molar-refractivity contribution in [2.24, 2.45) is 7.05 Å². The SMILES string of the molecule is Cn1c(C(F)(F)F)nn(-c2cc(F)c(C#N)cc2Cl)c1=O. The Labute approximate surface area is 119 Å². The summed E-state index contributed by atoms with van der Waals surface area (Å²) in [6.07, 6.45) is -4.85. The molecule has 0 aliphatic carbocycles. The molecule has 0 spiro atoms. The normalized spacial score (nSPS) is 11.5. The van der Waals surface area contributed by atoms with Crippen molar-refractivity contribution in [3.8, 4) is 11.8 Å². The molecule has 0 saturated heterocycles. The van der Waals surface area contributed by atoms with Gasteiger partial charge in [0.25, 0.3) is 0 Å². The molecule has 0 saturated carbocycles. The van der Waals surface area contributed by atoms with Crippen LogP contribution in [0.1, 0.15) is 11.4 Å². The Morgan fingerprint density at radius 1 is 1.38 bits per heavy atom. The molecule has 0 fully saturated rings. The van der Waals surface area contributed by atoms with E-state index in [1.54, 1.807) is 0 Å². The van der Waals surface area contributed by atoms with Crippen LogP contribution in [0.4, 0.5) is 17.6 Å². The van der Waals surface area contributed by atoms with E-state index in [0.717, 1.165) is 13.1 Å². The first-order valence-electron chi connectivity index (χ1n) is 5.29. The predicted molar refractivity (Wildman–Crippen MR) is 63.5 cm³/mol. The van der Waals surface area contributed by atoms with Gasteiger partial charge in [-0.15, -0.1) is 5.10 Å². The first-order valence-corrected chi connectivity index (χ1v) is 5.67. The van der Waals surface area contributed by atoms with Crippen LogP contribution in [0.3, 0.4) is 0 Å². The third-order valence-electron chi connectivity index (χ3n) is 2.62. The monoisotopic (exact) mass is 320 g/mol. The minimum absolute atomic E-state index is 0.270. The standard InChI is InChI=1S/C11H5ClF4N4O/c1-19-9(11(14,15)16)18-20(10(19)21)8-3-7(13)5(4-17)2-6(8)12/h2-3H,1H3. The van der Waals surface area contributed by atoms with E-state index in [9.17, 15) is 22.4 Å². The molecule has 0 N–H and O–H groups in total. The van der Waals surface area contributed by atoms with E-state index in [2.05, 4.69) is 5.10 Å². The molecule has 0 unspecified atom stereocenters. The second kappa shape index (κ2) is 4.89. The summed E-state index contributed by atoms with van der Waals surface area (Å²) in [7, 11) is 0.878. The number of aromatic nitrogens is 3. The van der Waals surface area contributed by atoms with Gasteiger partial charge in [-0.3, -0.25) is 4.57 Å². The fraction of sp³-hybridized carbons (Fsp3) is 0.182. The molecule has 0 atom stereocenters. The maximum atomic E-state index is 13.5. The van der Waals surface area contributed by atoms with Crippen molar-refractivity contribution in [2.45, 2.75) is 6.18 Å². The summed E-state index contributed by atoms with van der Waals surface area (Å²) in [4.78, 5) is 11.8. The maximum absolute atomic E-state index is 13.5. The molecule has 21 heavy (non-hydrogen) atoms. The van der Waals surface area contributed by atoms with Crippen LogP contribution in [0.5, 0.6) is 0 Å². The van der Waals surface area contributed by atoms with Crippen molar-refractivity contribution in [1.82, 2.24) is 14.3 Å².